The molecule has 4 heteroatoms. The van der Waals surface area contributed by atoms with Gasteiger partial charge in [0, 0.05) is 19.6 Å². The summed E-state index contributed by atoms with van der Waals surface area (Å²) in [5, 5.41) is 30.3. The second kappa shape index (κ2) is 8.69. The summed E-state index contributed by atoms with van der Waals surface area (Å²) in [6.07, 6.45) is 13.0. The molecular formula is C26H43NO3. The maximum absolute atomic E-state index is 10.3. The van der Waals surface area contributed by atoms with Crippen LogP contribution < -0.4 is 0 Å². The zero-order valence-electron chi connectivity index (χ0n) is 19.3. The molecule has 0 radical (unpaired) electrons. The van der Waals surface area contributed by atoms with Gasteiger partial charge < -0.3 is 20.2 Å². The largest absolute Gasteiger partial charge is 0.393 e. The minimum absolute atomic E-state index is 0.385. The minimum Gasteiger partial charge on any atom is -0.393 e. The summed E-state index contributed by atoms with van der Waals surface area (Å²) in [7, 11) is 0. The minimum atomic E-state index is -0.504. The predicted molar refractivity (Wildman–Crippen MR) is 121 cm³/mol. The lowest BCUT2D eigenvalue weighted by molar-refractivity contribution is 0.0547. The van der Waals surface area contributed by atoms with Crippen molar-refractivity contribution in [1.82, 2.24) is 4.90 Å². The van der Waals surface area contributed by atoms with Crippen LogP contribution in [0.25, 0.3) is 0 Å². The molecule has 4 aliphatic rings. The maximum atomic E-state index is 10.3. The summed E-state index contributed by atoms with van der Waals surface area (Å²) in [6.45, 7) is 9.92. The van der Waals surface area contributed by atoms with Gasteiger partial charge in [-0.25, -0.2) is 0 Å². The van der Waals surface area contributed by atoms with Gasteiger partial charge in [0.1, 0.15) is 0 Å². The van der Waals surface area contributed by atoms with Crippen LogP contribution in [0.15, 0.2) is 23.3 Å². The molecule has 0 unspecified atom stereocenters. The first kappa shape index (κ1) is 22.5. The first-order valence-electron chi connectivity index (χ1n) is 12.4. The average Bonchev–Trinajstić information content (AvgIpc) is 3.18. The number of hydrogen-bond donors (Lipinski definition) is 3. The van der Waals surface area contributed by atoms with Gasteiger partial charge in [0.05, 0.1) is 17.8 Å². The zero-order valence-corrected chi connectivity index (χ0v) is 19.3. The van der Waals surface area contributed by atoms with Gasteiger partial charge >= 0.3 is 0 Å². The Hall–Kier alpha value is -0.680. The standard InChI is InChI=1S/C26H43NO3/c1-18(16-27-12-11-25(2,30)17-27)23-8-9-24-20(5-4-10-26(23,24)3)7-6-19-13-21(28)15-22(29)14-19/h6-7,18,21-24,28-30H,4-5,8-17H2,1-3H3/t18-,21-,22+,23-,24+,25+,26-/m1/s1. The lowest BCUT2D eigenvalue weighted by atomic mass is 9.61. The number of allylic oxidation sites excluding steroid dienone is 3. The maximum Gasteiger partial charge on any atom is 0.0758 e. The van der Waals surface area contributed by atoms with Crippen molar-refractivity contribution in [3.05, 3.63) is 23.3 Å². The molecule has 3 saturated carbocycles. The van der Waals surface area contributed by atoms with Crippen molar-refractivity contribution in [3.63, 3.8) is 0 Å². The fourth-order valence-electron chi connectivity index (χ4n) is 7.47. The Morgan fingerprint density at radius 3 is 2.50 bits per heavy atom. The zero-order chi connectivity index (χ0) is 21.5. The van der Waals surface area contributed by atoms with Crippen molar-refractivity contribution in [2.45, 2.75) is 96.4 Å². The van der Waals surface area contributed by atoms with Crippen LogP contribution in [0.3, 0.4) is 0 Å². The number of aliphatic hydroxyl groups is 3. The van der Waals surface area contributed by atoms with Gasteiger partial charge in [0.15, 0.2) is 0 Å². The Balaban J connectivity index is 1.44. The molecule has 30 heavy (non-hydrogen) atoms. The van der Waals surface area contributed by atoms with E-state index in [-0.39, 0.29) is 0 Å². The molecule has 1 heterocycles. The Kier molecular flexibility index (Phi) is 6.52. The number of nitrogens with zero attached hydrogens (tertiary/aromatic N) is 1. The van der Waals surface area contributed by atoms with E-state index in [1.165, 1.54) is 37.7 Å². The highest BCUT2D eigenvalue weighted by atomic mass is 16.3. The summed E-state index contributed by atoms with van der Waals surface area (Å²) in [6, 6.07) is 0. The van der Waals surface area contributed by atoms with E-state index in [0.29, 0.717) is 36.5 Å². The van der Waals surface area contributed by atoms with E-state index >= 15 is 0 Å². The number of rotatable bonds is 4. The topological polar surface area (TPSA) is 63.9 Å². The molecule has 3 N–H and O–H groups in total. The normalized spacial score (nSPS) is 46.5. The second-order valence-electron chi connectivity index (χ2n) is 11.6. The first-order chi connectivity index (χ1) is 14.2. The highest BCUT2D eigenvalue weighted by Crippen LogP contribution is 2.59. The smallest absolute Gasteiger partial charge is 0.0758 e. The summed E-state index contributed by atoms with van der Waals surface area (Å²) in [4.78, 5) is 2.48. The number of aliphatic hydroxyl groups excluding tert-OH is 2. The van der Waals surface area contributed by atoms with Crippen LogP contribution in [-0.4, -0.2) is 57.7 Å². The van der Waals surface area contributed by atoms with Crippen LogP contribution in [-0.2, 0) is 0 Å². The monoisotopic (exact) mass is 417 g/mol. The van der Waals surface area contributed by atoms with Crippen molar-refractivity contribution in [1.29, 1.82) is 0 Å². The quantitative estimate of drug-likeness (QED) is 0.646. The molecule has 0 aromatic heterocycles. The van der Waals surface area contributed by atoms with Crippen LogP contribution >= 0.6 is 0 Å². The van der Waals surface area contributed by atoms with Crippen LogP contribution in [0.4, 0.5) is 0 Å². The molecule has 4 rings (SSSR count). The summed E-state index contributed by atoms with van der Waals surface area (Å²) >= 11 is 0. The molecule has 4 nitrogen and oxygen atoms in total. The Labute approximate surface area is 183 Å². The lowest BCUT2D eigenvalue weighted by Gasteiger charge is -2.45. The molecule has 0 aromatic rings. The van der Waals surface area contributed by atoms with Crippen LogP contribution in [0, 0.1) is 23.2 Å². The van der Waals surface area contributed by atoms with E-state index in [1.807, 2.05) is 6.92 Å². The van der Waals surface area contributed by atoms with Gasteiger partial charge in [-0.1, -0.05) is 37.1 Å². The van der Waals surface area contributed by atoms with Gasteiger partial charge in [0.25, 0.3) is 0 Å². The fraction of sp³-hybridized carbons (Fsp3) is 0.846. The highest BCUT2D eigenvalue weighted by Gasteiger charge is 2.51. The van der Waals surface area contributed by atoms with E-state index in [0.717, 1.165) is 32.0 Å². The van der Waals surface area contributed by atoms with E-state index in [9.17, 15) is 15.3 Å². The molecule has 7 atom stereocenters. The van der Waals surface area contributed by atoms with Gasteiger partial charge in [-0.2, -0.15) is 0 Å². The SMILES string of the molecule is C[C@H](CN1CC[C@](C)(O)C1)[C@H]1CC[C@H]2C(=CC=C3C[C@@H](O)C[C@@H](O)C3)CCC[C@]12C. The van der Waals surface area contributed by atoms with Crippen LogP contribution in [0.2, 0.25) is 0 Å². The number of likely N-dealkylation sites (tertiary alicyclic amines) is 1. The molecule has 170 valence electrons. The Morgan fingerprint density at radius 1 is 1.10 bits per heavy atom. The van der Waals surface area contributed by atoms with E-state index in [2.05, 4.69) is 30.9 Å². The lowest BCUT2D eigenvalue weighted by Crippen LogP contribution is -2.40. The number of hydrogen-bond acceptors (Lipinski definition) is 4. The first-order valence-corrected chi connectivity index (χ1v) is 12.4. The molecule has 0 amide bonds. The third-order valence-electron chi connectivity index (χ3n) is 8.87. The Bertz CT molecular complexity index is 672. The Morgan fingerprint density at radius 2 is 1.83 bits per heavy atom. The van der Waals surface area contributed by atoms with Crippen molar-refractivity contribution in [2.75, 3.05) is 19.6 Å². The molecule has 0 aromatic carbocycles. The molecule has 4 fully saturated rings. The van der Waals surface area contributed by atoms with Crippen molar-refractivity contribution in [3.8, 4) is 0 Å². The fourth-order valence-corrected chi connectivity index (χ4v) is 7.47. The molecule has 1 aliphatic heterocycles. The van der Waals surface area contributed by atoms with Gasteiger partial charge in [-0.15, -0.1) is 0 Å². The molecular weight excluding hydrogens is 374 g/mol. The molecule has 1 saturated heterocycles. The second-order valence-corrected chi connectivity index (χ2v) is 11.6. The van der Waals surface area contributed by atoms with Crippen molar-refractivity contribution >= 4 is 0 Å². The van der Waals surface area contributed by atoms with Crippen molar-refractivity contribution in [2.24, 2.45) is 23.2 Å². The predicted octanol–water partition coefficient (Wildman–Crippen LogP) is 4.05. The third kappa shape index (κ3) is 4.72. The van der Waals surface area contributed by atoms with Crippen molar-refractivity contribution < 1.29 is 15.3 Å². The van der Waals surface area contributed by atoms with E-state index < -0.39 is 17.8 Å². The van der Waals surface area contributed by atoms with Gasteiger partial charge in [-0.3, -0.25) is 0 Å². The average molecular weight is 418 g/mol. The summed E-state index contributed by atoms with van der Waals surface area (Å²) < 4.78 is 0. The van der Waals surface area contributed by atoms with Gasteiger partial charge in [-0.05, 0) is 87.9 Å². The number of β-amino-alcohol motifs (C(OH)–C–C–N with tert-alkyl or cyclic N) is 1. The van der Waals surface area contributed by atoms with E-state index in [4.69, 9.17) is 0 Å². The molecule has 3 aliphatic carbocycles. The molecule has 0 bridgehead atoms. The van der Waals surface area contributed by atoms with Crippen LogP contribution in [0.5, 0.6) is 0 Å². The third-order valence-corrected chi connectivity index (χ3v) is 8.87. The number of fused-ring (bicyclic) bond motifs is 1. The summed E-state index contributed by atoms with van der Waals surface area (Å²) in [5.41, 5.74) is 2.68. The summed E-state index contributed by atoms with van der Waals surface area (Å²) in [5.74, 6) is 2.09. The highest BCUT2D eigenvalue weighted by molar-refractivity contribution is 5.26. The van der Waals surface area contributed by atoms with Crippen LogP contribution in [0.1, 0.15) is 78.6 Å². The molecule has 0 spiro atoms. The van der Waals surface area contributed by atoms with E-state index in [1.54, 1.807) is 5.57 Å². The van der Waals surface area contributed by atoms with Gasteiger partial charge in [0.2, 0.25) is 0 Å².